The summed E-state index contributed by atoms with van der Waals surface area (Å²) in [6, 6.07) is 0. The maximum atomic E-state index is 10.3. The number of hydrogen-bond acceptors (Lipinski definition) is 2. The van der Waals surface area contributed by atoms with Crippen LogP contribution in [0.2, 0.25) is 0 Å². The van der Waals surface area contributed by atoms with Gasteiger partial charge in [0, 0.05) is 20.0 Å². The fourth-order valence-corrected chi connectivity index (χ4v) is 2.23. The predicted octanol–water partition coefficient (Wildman–Crippen LogP) is 2.11. The van der Waals surface area contributed by atoms with Gasteiger partial charge in [0.15, 0.2) is 0 Å². The average Bonchev–Trinajstić information content (AvgIpc) is 2.18. The van der Waals surface area contributed by atoms with E-state index in [0.29, 0.717) is 0 Å². The first kappa shape index (κ1) is 11.6. The second-order valence-electron chi connectivity index (χ2n) is 4.24. The Morgan fingerprint density at radius 3 is 3.07 bits per heavy atom. The predicted molar refractivity (Wildman–Crippen MR) is 56.9 cm³/mol. The standard InChI is InChI=1S/C12H20O2/c1-3-4-5-8-12(13)9-6-7-11(10-12)14-2/h1,11,13H,4-10H2,2H3. The van der Waals surface area contributed by atoms with Crippen LogP contribution in [0.4, 0.5) is 0 Å². The molecule has 1 aliphatic rings. The Balaban J connectivity index is 2.35. The third-order valence-corrected chi connectivity index (χ3v) is 3.07. The van der Waals surface area contributed by atoms with Crippen LogP contribution < -0.4 is 0 Å². The molecular weight excluding hydrogens is 176 g/mol. The number of terminal acetylenes is 1. The van der Waals surface area contributed by atoms with Crippen LogP contribution in [0.15, 0.2) is 0 Å². The zero-order chi connectivity index (χ0) is 10.4. The number of hydrogen-bond donors (Lipinski definition) is 1. The van der Waals surface area contributed by atoms with E-state index >= 15 is 0 Å². The van der Waals surface area contributed by atoms with Crippen molar-refractivity contribution in [2.24, 2.45) is 0 Å². The van der Waals surface area contributed by atoms with Crippen LogP contribution >= 0.6 is 0 Å². The summed E-state index contributed by atoms with van der Waals surface area (Å²) in [5.74, 6) is 2.61. The highest BCUT2D eigenvalue weighted by atomic mass is 16.5. The second-order valence-corrected chi connectivity index (χ2v) is 4.24. The Hall–Kier alpha value is -0.520. The Bertz CT molecular complexity index is 207. The molecule has 0 aromatic carbocycles. The van der Waals surface area contributed by atoms with Crippen molar-refractivity contribution < 1.29 is 9.84 Å². The lowest BCUT2D eigenvalue weighted by atomic mass is 9.80. The molecule has 2 heteroatoms. The molecule has 1 fully saturated rings. The van der Waals surface area contributed by atoms with E-state index in [1.165, 1.54) is 0 Å². The van der Waals surface area contributed by atoms with Crippen LogP contribution in [-0.4, -0.2) is 23.9 Å². The fourth-order valence-electron chi connectivity index (χ4n) is 2.23. The van der Waals surface area contributed by atoms with Gasteiger partial charge in [-0.15, -0.1) is 12.3 Å². The summed E-state index contributed by atoms with van der Waals surface area (Å²) in [6.07, 6.45) is 11.7. The molecule has 0 radical (unpaired) electrons. The van der Waals surface area contributed by atoms with Crippen molar-refractivity contribution in [3.63, 3.8) is 0 Å². The summed E-state index contributed by atoms with van der Waals surface area (Å²) in [5.41, 5.74) is -0.518. The van der Waals surface area contributed by atoms with E-state index in [-0.39, 0.29) is 6.10 Å². The first-order valence-corrected chi connectivity index (χ1v) is 5.39. The minimum absolute atomic E-state index is 0.236. The third kappa shape index (κ3) is 3.32. The van der Waals surface area contributed by atoms with Crippen molar-refractivity contribution in [3.05, 3.63) is 0 Å². The van der Waals surface area contributed by atoms with Crippen LogP contribution in [-0.2, 0) is 4.74 Å². The van der Waals surface area contributed by atoms with Crippen LogP contribution in [0, 0.1) is 12.3 Å². The van der Waals surface area contributed by atoms with Crippen LogP contribution in [0.1, 0.15) is 44.9 Å². The van der Waals surface area contributed by atoms with E-state index in [4.69, 9.17) is 11.2 Å². The van der Waals surface area contributed by atoms with E-state index in [2.05, 4.69) is 5.92 Å². The van der Waals surface area contributed by atoms with Gasteiger partial charge in [-0.25, -0.2) is 0 Å². The van der Waals surface area contributed by atoms with E-state index in [9.17, 15) is 5.11 Å². The SMILES string of the molecule is C#CCCCC1(O)CCCC(OC)C1. The molecule has 2 nitrogen and oxygen atoms in total. The highest BCUT2D eigenvalue weighted by Crippen LogP contribution is 2.33. The first-order chi connectivity index (χ1) is 6.70. The molecule has 2 unspecified atom stereocenters. The molecule has 0 aliphatic heterocycles. The zero-order valence-electron chi connectivity index (χ0n) is 8.96. The zero-order valence-corrected chi connectivity index (χ0v) is 8.96. The van der Waals surface area contributed by atoms with Crippen molar-refractivity contribution in [1.82, 2.24) is 0 Å². The Kier molecular flexibility index (Phi) is 4.44. The van der Waals surface area contributed by atoms with Crippen molar-refractivity contribution in [2.75, 3.05) is 7.11 Å². The molecule has 0 spiro atoms. The summed E-state index contributed by atoms with van der Waals surface area (Å²) < 4.78 is 5.29. The monoisotopic (exact) mass is 196 g/mol. The molecule has 1 rings (SSSR count). The lowest BCUT2D eigenvalue weighted by molar-refractivity contribution is -0.0639. The van der Waals surface area contributed by atoms with E-state index in [1.54, 1.807) is 7.11 Å². The molecule has 1 N–H and O–H groups in total. The maximum Gasteiger partial charge on any atom is 0.0672 e. The van der Waals surface area contributed by atoms with Gasteiger partial charge in [-0.05, 0) is 32.1 Å². The summed E-state index contributed by atoms with van der Waals surface area (Å²) in [5, 5.41) is 10.3. The van der Waals surface area contributed by atoms with Crippen molar-refractivity contribution >= 4 is 0 Å². The number of aliphatic hydroxyl groups is 1. The average molecular weight is 196 g/mol. The van der Waals surface area contributed by atoms with Crippen LogP contribution in [0.5, 0.6) is 0 Å². The molecular formula is C12H20O2. The van der Waals surface area contributed by atoms with Gasteiger partial charge >= 0.3 is 0 Å². The number of unbranched alkanes of at least 4 members (excludes halogenated alkanes) is 1. The van der Waals surface area contributed by atoms with Gasteiger partial charge in [-0.3, -0.25) is 0 Å². The van der Waals surface area contributed by atoms with E-state index in [0.717, 1.165) is 44.9 Å². The number of ether oxygens (including phenoxy) is 1. The van der Waals surface area contributed by atoms with Gasteiger partial charge in [0.05, 0.1) is 11.7 Å². The molecule has 0 aromatic heterocycles. The molecule has 1 aliphatic carbocycles. The molecule has 14 heavy (non-hydrogen) atoms. The molecule has 0 amide bonds. The quantitative estimate of drug-likeness (QED) is 0.551. The van der Waals surface area contributed by atoms with Crippen LogP contribution in [0.25, 0.3) is 0 Å². The lowest BCUT2D eigenvalue weighted by Crippen LogP contribution is -2.38. The Labute approximate surface area is 86.7 Å². The summed E-state index contributed by atoms with van der Waals surface area (Å²) in [6.45, 7) is 0. The van der Waals surface area contributed by atoms with Crippen molar-refractivity contribution in [3.8, 4) is 12.3 Å². The number of rotatable bonds is 4. The summed E-state index contributed by atoms with van der Waals surface area (Å²) in [7, 11) is 1.72. The normalized spacial score (nSPS) is 32.5. The number of methoxy groups -OCH3 is 1. The third-order valence-electron chi connectivity index (χ3n) is 3.07. The fraction of sp³-hybridized carbons (Fsp3) is 0.833. The molecule has 80 valence electrons. The van der Waals surface area contributed by atoms with Gasteiger partial charge < -0.3 is 9.84 Å². The van der Waals surface area contributed by atoms with Gasteiger partial charge in [0.1, 0.15) is 0 Å². The smallest absolute Gasteiger partial charge is 0.0672 e. The molecule has 2 atom stereocenters. The Morgan fingerprint density at radius 1 is 1.64 bits per heavy atom. The van der Waals surface area contributed by atoms with Crippen molar-refractivity contribution in [2.45, 2.75) is 56.7 Å². The van der Waals surface area contributed by atoms with Gasteiger partial charge in [-0.1, -0.05) is 0 Å². The molecule has 0 saturated heterocycles. The van der Waals surface area contributed by atoms with Gasteiger partial charge in [-0.2, -0.15) is 0 Å². The van der Waals surface area contributed by atoms with E-state index in [1.807, 2.05) is 0 Å². The molecule has 0 heterocycles. The lowest BCUT2D eigenvalue weighted by Gasteiger charge is -2.36. The van der Waals surface area contributed by atoms with Crippen molar-refractivity contribution in [1.29, 1.82) is 0 Å². The van der Waals surface area contributed by atoms with E-state index < -0.39 is 5.60 Å². The van der Waals surface area contributed by atoms with Crippen LogP contribution in [0.3, 0.4) is 0 Å². The topological polar surface area (TPSA) is 29.5 Å². The largest absolute Gasteiger partial charge is 0.390 e. The summed E-state index contributed by atoms with van der Waals surface area (Å²) >= 11 is 0. The van der Waals surface area contributed by atoms with Gasteiger partial charge in [0.25, 0.3) is 0 Å². The second kappa shape index (κ2) is 5.38. The minimum Gasteiger partial charge on any atom is -0.390 e. The maximum absolute atomic E-state index is 10.3. The molecule has 1 saturated carbocycles. The highest BCUT2D eigenvalue weighted by molar-refractivity contribution is 4.89. The first-order valence-electron chi connectivity index (χ1n) is 5.39. The Morgan fingerprint density at radius 2 is 2.43 bits per heavy atom. The molecule has 0 bridgehead atoms. The van der Waals surface area contributed by atoms with Gasteiger partial charge in [0.2, 0.25) is 0 Å². The highest BCUT2D eigenvalue weighted by Gasteiger charge is 2.33. The summed E-state index contributed by atoms with van der Waals surface area (Å²) in [4.78, 5) is 0. The minimum atomic E-state index is -0.518. The molecule has 0 aromatic rings.